The molecule has 19 heavy (non-hydrogen) atoms. The van der Waals surface area contributed by atoms with Gasteiger partial charge in [-0.1, -0.05) is 0 Å². The molecule has 0 saturated carbocycles. The van der Waals surface area contributed by atoms with Crippen molar-refractivity contribution in [1.29, 1.82) is 0 Å². The number of phenolic OH excluding ortho intramolecular Hbond substituents is 3. The van der Waals surface area contributed by atoms with Crippen LogP contribution in [0.3, 0.4) is 0 Å². The Bertz CT molecular complexity index is 627. The summed E-state index contributed by atoms with van der Waals surface area (Å²) in [7, 11) is 0. The molecule has 2 rings (SSSR count). The van der Waals surface area contributed by atoms with Gasteiger partial charge in [0.05, 0.1) is 0 Å². The van der Waals surface area contributed by atoms with E-state index in [2.05, 4.69) is 0 Å². The fourth-order valence-corrected chi connectivity index (χ4v) is 1.56. The first-order chi connectivity index (χ1) is 9.06. The zero-order valence-electron chi connectivity index (χ0n) is 9.95. The van der Waals surface area contributed by atoms with Gasteiger partial charge in [-0.05, 0) is 54.6 Å². The van der Waals surface area contributed by atoms with Crippen LogP contribution in [0.15, 0.2) is 48.5 Å². The van der Waals surface area contributed by atoms with Crippen molar-refractivity contribution >= 4 is 11.9 Å². The molecule has 0 radical (unpaired) electrons. The smallest absolute Gasteiger partial charge is 0.185 e. The zero-order valence-corrected chi connectivity index (χ0v) is 9.95. The van der Waals surface area contributed by atoms with Crippen molar-refractivity contribution < 1.29 is 20.1 Å². The molecule has 0 atom stereocenters. The van der Waals surface area contributed by atoms with Crippen LogP contribution in [0, 0.1) is 0 Å². The molecule has 2 aromatic rings. The van der Waals surface area contributed by atoms with E-state index in [1.807, 2.05) is 0 Å². The highest BCUT2D eigenvalue weighted by molar-refractivity contribution is 6.07. The summed E-state index contributed by atoms with van der Waals surface area (Å²) in [5, 5.41) is 28.0. The average molecular weight is 256 g/mol. The molecule has 0 bridgehead atoms. The molecule has 0 fully saturated rings. The van der Waals surface area contributed by atoms with E-state index in [-0.39, 0.29) is 23.0 Å². The largest absolute Gasteiger partial charge is 0.508 e. The van der Waals surface area contributed by atoms with Crippen LogP contribution in [0.1, 0.15) is 15.9 Å². The standard InChI is InChI=1S/C15H12O4/c16-12-4-1-10(2-5-12)14(18)7-3-11-9-13(17)6-8-15(11)19/h1-9,16-17,19H/b7-3+. The van der Waals surface area contributed by atoms with E-state index in [1.165, 1.54) is 54.6 Å². The molecule has 0 aliphatic heterocycles. The van der Waals surface area contributed by atoms with Gasteiger partial charge in [0.1, 0.15) is 17.2 Å². The summed E-state index contributed by atoms with van der Waals surface area (Å²) in [6.45, 7) is 0. The molecular weight excluding hydrogens is 244 g/mol. The fourth-order valence-electron chi connectivity index (χ4n) is 1.56. The van der Waals surface area contributed by atoms with Crippen molar-refractivity contribution in [1.82, 2.24) is 0 Å². The van der Waals surface area contributed by atoms with Gasteiger partial charge in [0.25, 0.3) is 0 Å². The highest BCUT2D eigenvalue weighted by Gasteiger charge is 2.03. The van der Waals surface area contributed by atoms with E-state index < -0.39 is 0 Å². The number of carbonyl (C=O) groups excluding carboxylic acids is 1. The normalized spacial score (nSPS) is 10.7. The number of hydrogen-bond acceptors (Lipinski definition) is 4. The maximum absolute atomic E-state index is 11.8. The second-order valence-electron chi connectivity index (χ2n) is 3.99. The predicted octanol–water partition coefficient (Wildman–Crippen LogP) is 2.70. The number of allylic oxidation sites excluding steroid dienone is 1. The Morgan fingerprint density at radius 3 is 2.21 bits per heavy atom. The fraction of sp³-hybridized carbons (Fsp3) is 0. The average Bonchev–Trinajstić information content (AvgIpc) is 2.40. The first-order valence-corrected chi connectivity index (χ1v) is 5.60. The van der Waals surface area contributed by atoms with E-state index in [0.29, 0.717) is 11.1 Å². The monoisotopic (exact) mass is 256 g/mol. The number of carbonyl (C=O) groups is 1. The van der Waals surface area contributed by atoms with Crippen LogP contribution in [0.25, 0.3) is 6.08 Å². The van der Waals surface area contributed by atoms with Crippen molar-refractivity contribution in [3.63, 3.8) is 0 Å². The molecule has 0 unspecified atom stereocenters. The Kier molecular flexibility index (Phi) is 3.52. The molecule has 0 aliphatic rings. The molecule has 2 aromatic carbocycles. The third-order valence-electron chi connectivity index (χ3n) is 2.58. The number of aromatic hydroxyl groups is 3. The lowest BCUT2D eigenvalue weighted by molar-refractivity contribution is 0.104. The maximum atomic E-state index is 11.8. The lowest BCUT2D eigenvalue weighted by Crippen LogP contribution is -1.92. The summed E-state index contributed by atoms with van der Waals surface area (Å²) in [4.78, 5) is 11.8. The van der Waals surface area contributed by atoms with Crippen molar-refractivity contribution in [3.05, 3.63) is 59.7 Å². The maximum Gasteiger partial charge on any atom is 0.185 e. The van der Waals surface area contributed by atoms with Gasteiger partial charge in [-0.15, -0.1) is 0 Å². The van der Waals surface area contributed by atoms with E-state index in [9.17, 15) is 15.0 Å². The van der Waals surface area contributed by atoms with Crippen LogP contribution in [0.5, 0.6) is 17.2 Å². The Hall–Kier alpha value is -2.75. The minimum Gasteiger partial charge on any atom is -0.508 e. The van der Waals surface area contributed by atoms with Crippen LogP contribution >= 0.6 is 0 Å². The van der Waals surface area contributed by atoms with Gasteiger partial charge in [0, 0.05) is 11.1 Å². The second-order valence-corrected chi connectivity index (χ2v) is 3.99. The minimum atomic E-state index is -0.261. The summed E-state index contributed by atoms with van der Waals surface area (Å²) < 4.78 is 0. The van der Waals surface area contributed by atoms with E-state index in [1.54, 1.807) is 0 Å². The molecule has 0 amide bonds. The molecule has 4 nitrogen and oxygen atoms in total. The summed E-state index contributed by atoms with van der Waals surface area (Å²) in [5.74, 6) is -0.184. The Balaban J connectivity index is 2.20. The van der Waals surface area contributed by atoms with Gasteiger partial charge in [-0.25, -0.2) is 0 Å². The summed E-state index contributed by atoms with van der Waals surface area (Å²) in [6, 6.07) is 9.92. The zero-order chi connectivity index (χ0) is 13.8. The molecular formula is C15H12O4. The molecule has 3 N–H and O–H groups in total. The molecule has 0 heterocycles. The third kappa shape index (κ3) is 3.13. The van der Waals surface area contributed by atoms with Crippen molar-refractivity contribution in [2.24, 2.45) is 0 Å². The lowest BCUT2D eigenvalue weighted by Gasteiger charge is -2.00. The molecule has 0 saturated heterocycles. The molecule has 4 heteroatoms. The Morgan fingerprint density at radius 2 is 1.53 bits per heavy atom. The summed E-state index contributed by atoms with van der Waals surface area (Å²) in [6.07, 6.45) is 2.71. The van der Waals surface area contributed by atoms with Crippen LogP contribution < -0.4 is 0 Å². The minimum absolute atomic E-state index is 0.00883. The SMILES string of the molecule is O=C(/C=C/c1cc(O)ccc1O)c1ccc(O)cc1. The van der Waals surface area contributed by atoms with Gasteiger partial charge in [0.15, 0.2) is 5.78 Å². The highest BCUT2D eigenvalue weighted by Crippen LogP contribution is 2.23. The number of benzene rings is 2. The van der Waals surface area contributed by atoms with Crippen LogP contribution in [-0.2, 0) is 0 Å². The first-order valence-electron chi connectivity index (χ1n) is 5.60. The quantitative estimate of drug-likeness (QED) is 0.448. The van der Waals surface area contributed by atoms with Crippen LogP contribution in [0.4, 0.5) is 0 Å². The highest BCUT2D eigenvalue weighted by atomic mass is 16.3. The Morgan fingerprint density at radius 1 is 0.895 bits per heavy atom. The van der Waals surface area contributed by atoms with E-state index in [4.69, 9.17) is 5.11 Å². The van der Waals surface area contributed by atoms with E-state index in [0.717, 1.165) is 0 Å². The topological polar surface area (TPSA) is 77.8 Å². The van der Waals surface area contributed by atoms with Gasteiger partial charge in [0.2, 0.25) is 0 Å². The van der Waals surface area contributed by atoms with Gasteiger partial charge >= 0.3 is 0 Å². The van der Waals surface area contributed by atoms with Crippen LogP contribution in [0.2, 0.25) is 0 Å². The molecule has 96 valence electrons. The Labute approximate surface area is 109 Å². The van der Waals surface area contributed by atoms with Crippen molar-refractivity contribution in [2.75, 3.05) is 0 Å². The first kappa shape index (κ1) is 12.7. The number of hydrogen-bond donors (Lipinski definition) is 3. The molecule has 0 spiro atoms. The number of ketones is 1. The summed E-state index contributed by atoms with van der Waals surface area (Å²) in [5.41, 5.74) is 0.779. The second kappa shape index (κ2) is 5.27. The third-order valence-corrected chi connectivity index (χ3v) is 2.58. The number of phenols is 3. The van der Waals surface area contributed by atoms with Crippen molar-refractivity contribution in [2.45, 2.75) is 0 Å². The summed E-state index contributed by atoms with van der Waals surface area (Å²) >= 11 is 0. The lowest BCUT2D eigenvalue weighted by atomic mass is 10.1. The number of rotatable bonds is 3. The molecule has 0 aromatic heterocycles. The van der Waals surface area contributed by atoms with Gasteiger partial charge in [-0.3, -0.25) is 4.79 Å². The van der Waals surface area contributed by atoms with Gasteiger partial charge < -0.3 is 15.3 Å². The van der Waals surface area contributed by atoms with Crippen molar-refractivity contribution in [3.8, 4) is 17.2 Å². The van der Waals surface area contributed by atoms with E-state index >= 15 is 0 Å². The molecule has 0 aliphatic carbocycles. The van der Waals surface area contributed by atoms with Crippen LogP contribution in [-0.4, -0.2) is 21.1 Å². The van der Waals surface area contributed by atoms with Gasteiger partial charge in [-0.2, -0.15) is 0 Å². The predicted molar refractivity (Wildman–Crippen MR) is 71.2 cm³/mol.